The SMILES string of the molecule is CC(C)(O)[C@H](O)CC[C@@H](CO)[C@H]1CC[C@]2(C)[C@]1(C)[C@@H](O)C=C1[C@]23O[C@H]3C[C@H]2C(C)(C)[C@@H](O)[C@H](O)C[C@]12C. The first kappa shape index (κ1) is 28.0. The van der Waals surface area contributed by atoms with Crippen LogP contribution in [0.25, 0.3) is 0 Å². The van der Waals surface area contributed by atoms with E-state index in [2.05, 4.69) is 20.8 Å². The van der Waals surface area contributed by atoms with Crippen LogP contribution in [0.15, 0.2) is 11.6 Å². The molecular weight excluding hydrogens is 472 g/mol. The molecule has 3 saturated carbocycles. The van der Waals surface area contributed by atoms with Crippen LogP contribution in [-0.2, 0) is 4.74 Å². The fraction of sp³-hybridized carbons (Fsp3) is 0.933. The lowest BCUT2D eigenvalue weighted by Gasteiger charge is -2.64. The van der Waals surface area contributed by atoms with Crippen molar-refractivity contribution in [3.8, 4) is 0 Å². The molecular formula is C30H50O7. The minimum Gasteiger partial charge on any atom is -0.396 e. The summed E-state index contributed by atoms with van der Waals surface area (Å²) in [5.74, 6) is 0.0416. The highest BCUT2D eigenvalue weighted by Crippen LogP contribution is 2.80. The Bertz CT molecular complexity index is 956. The van der Waals surface area contributed by atoms with Gasteiger partial charge in [-0.2, -0.15) is 0 Å². The second-order valence-corrected chi connectivity index (χ2v) is 15.1. The van der Waals surface area contributed by atoms with Gasteiger partial charge in [-0.3, -0.25) is 0 Å². The quantitative estimate of drug-likeness (QED) is 0.233. The first-order chi connectivity index (χ1) is 16.9. The van der Waals surface area contributed by atoms with Crippen molar-refractivity contribution in [3.63, 3.8) is 0 Å². The molecule has 0 amide bonds. The van der Waals surface area contributed by atoms with E-state index in [0.717, 1.165) is 24.8 Å². The van der Waals surface area contributed by atoms with Crippen LogP contribution in [0.5, 0.6) is 0 Å². The van der Waals surface area contributed by atoms with Crippen molar-refractivity contribution in [2.75, 3.05) is 6.61 Å². The molecule has 37 heavy (non-hydrogen) atoms. The van der Waals surface area contributed by atoms with Crippen molar-refractivity contribution in [1.82, 2.24) is 0 Å². The smallest absolute Gasteiger partial charge is 0.122 e. The molecule has 7 heteroatoms. The van der Waals surface area contributed by atoms with E-state index >= 15 is 0 Å². The first-order valence-corrected chi connectivity index (χ1v) is 14.4. The van der Waals surface area contributed by atoms with Crippen molar-refractivity contribution < 1.29 is 35.4 Å². The molecule has 1 saturated heterocycles. The zero-order chi connectivity index (χ0) is 27.6. The third kappa shape index (κ3) is 3.37. The molecule has 12 atom stereocenters. The molecule has 212 valence electrons. The lowest BCUT2D eigenvalue weighted by atomic mass is 9.40. The largest absolute Gasteiger partial charge is 0.396 e. The van der Waals surface area contributed by atoms with Gasteiger partial charge in [-0.1, -0.05) is 40.7 Å². The van der Waals surface area contributed by atoms with Gasteiger partial charge in [-0.25, -0.2) is 0 Å². The third-order valence-corrected chi connectivity index (χ3v) is 12.7. The highest BCUT2D eigenvalue weighted by Gasteiger charge is 2.83. The third-order valence-electron chi connectivity index (χ3n) is 12.7. The van der Waals surface area contributed by atoms with Crippen molar-refractivity contribution in [2.24, 2.45) is 39.4 Å². The summed E-state index contributed by atoms with van der Waals surface area (Å²) in [7, 11) is 0. The summed E-state index contributed by atoms with van der Waals surface area (Å²) < 4.78 is 6.75. The Hall–Kier alpha value is -0.540. The van der Waals surface area contributed by atoms with E-state index < -0.39 is 51.9 Å². The maximum atomic E-state index is 11.9. The summed E-state index contributed by atoms with van der Waals surface area (Å²) in [4.78, 5) is 0. The van der Waals surface area contributed by atoms with E-state index in [1.165, 1.54) is 0 Å². The molecule has 1 heterocycles. The molecule has 0 bridgehead atoms. The van der Waals surface area contributed by atoms with Crippen molar-refractivity contribution in [2.45, 2.75) is 129 Å². The summed E-state index contributed by atoms with van der Waals surface area (Å²) in [5.41, 5.74) is -2.39. The van der Waals surface area contributed by atoms with Gasteiger partial charge in [-0.15, -0.1) is 0 Å². The summed E-state index contributed by atoms with van der Waals surface area (Å²) in [6.45, 7) is 13.9. The van der Waals surface area contributed by atoms with E-state index in [1.807, 2.05) is 19.9 Å². The highest BCUT2D eigenvalue weighted by molar-refractivity contribution is 5.48. The average molecular weight is 523 g/mol. The zero-order valence-corrected chi connectivity index (χ0v) is 23.7. The van der Waals surface area contributed by atoms with Gasteiger partial charge in [0.2, 0.25) is 0 Å². The number of fused-ring (bicyclic) bond motifs is 3. The molecule has 0 unspecified atom stereocenters. The monoisotopic (exact) mass is 522 g/mol. The van der Waals surface area contributed by atoms with Crippen molar-refractivity contribution in [3.05, 3.63) is 11.6 Å². The Labute approximate surface area is 221 Å². The Morgan fingerprint density at radius 3 is 2.32 bits per heavy atom. The molecule has 0 aromatic rings. The number of hydrogen-bond acceptors (Lipinski definition) is 7. The second-order valence-electron chi connectivity index (χ2n) is 15.1. The van der Waals surface area contributed by atoms with Gasteiger partial charge < -0.3 is 35.4 Å². The molecule has 1 spiro atoms. The maximum Gasteiger partial charge on any atom is 0.122 e. The highest BCUT2D eigenvalue weighted by atomic mass is 16.6. The molecule has 1 aliphatic heterocycles. The van der Waals surface area contributed by atoms with Crippen LogP contribution < -0.4 is 0 Å². The lowest BCUT2D eigenvalue weighted by Crippen LogP contribution is -2.66. The number of hydrogen-bond donors (Lipinski definition) is 6. The molecule has 0 aromatic heterocycles. The lowest BCUT2D eigenvalue weighted by molar-refractivity contribution is -0.168. The van der Waals surface area contributed by atoms with Crippen LogP contribution in [0, 0.1) is 39.4 Å². The number of aliphatic hydroxyl groups is 6. The number of epoxide rings is 1. The van der Waals surface area contributed by atoms with Gasteiger partial charge in [0.25, 0.3) is 0 Å². The first-order valence-electron chi connectivity index (χ1n) is 14.4. The molecule has 7 nitrogen and oxygen atoms in total. The normalized spacial score (nSPS) is 51.8. The summed E-state index contributed by atoms with van der Waals surface area (Å²) in [5, 5.41) is 64.9. The molecule has 5 aliphatic rings. The van der Waals surface area contributed by atoms with Crippen LogP contribution in [0.2, 0.25) is 0 Å². The predicted molar refractivity (Wildman–Crippen MR) is 139 cm³/mol. The summed E-state index contributed by atoms with van der Waals surface area (Å²) in [6.07, 6.45) is 2.70. The number of rotatable bonds is 6. The Morgan fingerprint density at radius 1 is 1.08 bits per heavy atom. The Kier molecular flexibility index (Phi) is 6.24. The number of ether oxygens (including phenoxy) is 1. The van der Waals surface area contributed by atoms with Crippen LogP contribution >= 0.6 is 0 Å². The topological polar surface area (TPSA) is 134 Å². The van der Waals surface area contributed by atoms with Gasteiger partial charge in [0.1, 0.15) is 5.60 Å². The fourth-order valence-corrected chi connectivity index (χ4v) is 10.2. The van der Waals surface area contributed by atoms with Crippen LogP contribution in [-0.4, -0.2) is 79.0 Å². The van der Waals surface area contributed by atoms with Gasteiger partial charge in [0.05, 0.1) is 36.1 Å². The van der Waals surface area contributed by atoms with Crippen LogP contribution in [0.4, 0.5) is 0 Å². The van der Waals surface area contributed by atoms with E-state index in [9.17, 15) is 30.6 Å². The standard InChI is InChI=1S/C30H50O7/c1-25(2)19-13-23-30(37-23)20(27(19,5)14-18(32)24(25)35)12-22(34)29(7)17(10-11-28(29,30)6)16(15-31)8-9-21(33)26(3,4)36/h12,16-19,21-24,31-36H,8-11,13-15H2,1-7H3/t16-,17+,18+,19-,21+,22-,23-,24-,27-,28+,29-,30+/m0/s1. The van der Waals surface area contributed by atoms with Crippen molar-refractivity contribution >= 4 is 0 Å². The van der Waals surface area contributed by atoms with E-state index in [1.54, 1.807) is 13.8 Å². The second kappa shape index (κ2) is 8.25. The van der Waals surface area contributed by atoms with Gasteiger partial charge in [0, 0.05) is 17.4 Å². The van der Waals surface area contributed by atoms with Gasteiger partial charge in [0.15, 0.2) is 0 Å². The van der Waals surface area contributed by atoms with E-state index in [4.69, 9.17) is 4.74 Å². The van der Waals surface area contributed by atoms with Crippen molar-refractivity contribution in [1.29, 1.82) is 0 Å². The van der Waals surface area contributed by atoms with Gasteiger partial charge in [-0.05, 0) is 86.5 Å². The van der Waals surface area contributed by atoms with Crippen LogP contribution in [0.1, 0.15) is 87.0 Å². The Morgan fingerprint density at radius 2 is 1.73 bits per heavy atom. The van der Waals surface area contributed by atoms with E-state index in [-0.39, 0.29) is 35.9 Å². The van der Waals surface area contributed by atoms with Crippen LogP contribution in [0.3, 0.4) is 0 Å². The fourth-order valence-electron chi connectivity index (χ4n) is 10.2. The molecule has 4 aliphatic carbocycles. The molecule has 4 fully saturated rings. The molecule has 0 radical (unpaired) electrons. The molecule has 5 rings (SSSR count). The minimum atomic E-state index is -1.20. The molecule has 0 aromatic carbocycles. The average Bonchev–Trinajstić information content (AvgIpc) is 3.47. The number of aliphatic hydroxyl groups excluding tert-OH is 5. The zero-order valence-electron chi connectivity index (χ0n) is 23.7. The maximum absolute atomic E-state index is 11.9. The summed E-state index contributed by atoms with van der Waals surface area (Å²) >= 11 is 0. The Balaban J connectivity index is 1.52. The predicted octanol–water partition coefficient (Wildman–Crippen LogP) is 2.55. The summed E-state index contributed by atoms with van der Waals surface area (Å²) in [6, 6.07) is 0. The van der Waals surface area contributed by atoms with E-state index in [0.29, 0.717) is 19.3 Å². The molecule has 6 N–H and O–H groups in total. The van der Waals surface area contributed by atoms with Gasteiger partial charge >= 0.3 is 0 Å². The minimum absolute atomic E-state index is 0.0127.